The van der Waals surface area contributed by atoms with Crippen LogP contribution in [0.1, 0.15) is 13.2 Å². The second-order valence-electron chi connectivity index (χ2n) is 5.01. The summed E-state index contributed by atoms with van der Waals surface area (Å²) in [4.78, 5) is 12.0. The second kappa shape index (κ2) is 5.95. The summed E-state index contributed by atoms with van der Waals surface area (Å²) in [6.07, 6.45) is -1.13. The predicted octanol–water partition coefficient (Wildman–Crippen LogP) is 0.0764. The van der Waals surface area contributed by atoms with Crippen LogP contribution in [0.15, 0.2) is 12.7 Å². The van der Waals surface area contributed by atoms with E-state index in [0.717, 1.165) is 11.8 Å². The second-order valence-corrected chi connectivity index (χ2v) is 6.32. The first-order valence-corrected chi connectivity index (χ1v) is 7.74. The van der Waals surface area contributed by atoms with Crippen LogP contribution in [0.2, 0.25) is 0 Å². The molecule has 1 unspecified atom stereocenters. The number of alkyl halides is 1. The zero-order valence-corrected chi connectivity index (χ0v) is 12.5. The number of hydrogen-bond donors (Lipinski definition) is 3. The molecule has 0 aromatic carbocycles. The number of anilines is 1. The SMILES string of the molecule is CC(F)SC[C@H]1O[C@@H](n2cnc3c(N)ncnc32)[C@H](O)[C@@H]1O. The van der Waals surface area contributed by atoms with Crippen LogP contribution in [0.5, 0.6) is 0 Å². The number of thioether (sulfide) groups is 1. The topological polar surface area (TPSA) is 119 Å². The van der Waals surface area contributed by atoms with Crippen LogP contribution in [0.3, 0.4) is 0 Å². The number of ether oxygens (including phenoxy) is 1. The molecule has 0 saturated carbocycles. The molecule has 0 radical (unpaired) electrons. The zero-order valence-electron chi connectivity index (χ0n) is 11.7. The van der Waals surface area contributed by atoms with Gasteiger partial charge in [-0.2, -0.15) is 0 Å². The van der Waals surface area contributed by atoms with E-state index in [1.807, 2.05) is 0 Å². The molecule has 1 fully saturated rings. The molecule has 2 aromatic heterocycles. The minimum Gasteiger partial charge on any atom is -0.387 e. The van der Waals surface area contributed by atoms with Gasteiger partial charge >= 0.3 is 0 Å². The van der Waals surface area contributed by atoms with Gasteiger partial charge in [0.2, 0.25) is 0 Å². The number of aliphatic hydroxyl groups is 2. The van der Waals surface area contributed by atoms with E-state index in [2.05, 4.69) is 15.0 Å². The Morgan fingerprint density at radius 2 is 2.18 bits per heavy atom. The number of imidazole rings is 1. The zero-order chi connectivity index (χ0) is 15.9. The maximum absolute atomic E-state index is 12.9. The van der Waals surface area contributed by atoms with E-state index in [1.54, 1.807) is 0 Å². The quantitative estimate of drug-likeness (QED) is 0.721. The fourth-order valence-corrected chi connectivity index (χ4v) is 3.11. The van der Waals surface area contributed by atoms with Crippen molar-refractivity contribution in [3.63, 3.8) is 0 Å². The van der Waals surface area contributed by atoms with Crippen LogP contribution < -0.4 is 5.73 Å². The number of aromatic nitrogens is 4. The fourth-order valence-electron chi connectivity index (χ4n) is 2.38. The van der Waals surface area contributed by atoms with Gasteiger partial charge in [0.25, 0.3) is 0 Å². The Kier molecular flexibility index (Phi) is 4.17. The molecule has 4 N–H and O–H groups in total. The molecular weight excluding hydrogens is 313 g/mol. The molecule has 22 heavy (non-hydrogen) atoms. The summed E-state index contributed by atoms with van der Waals surface area (Å²) in [7, 11) is 0. The lowest BCUT2D eigenvalue weighted by Crippen LogP contribution is -2.32. The minimum atomic E-state index is -1.17. The maximum atomic E-state index is 12.9. The van der Waals surface area contributed by atoms with E-state index < -0.39 is 30.0 Å². The maximum Gasteiger partial charge on any atom is 0.167 e. The van der Waals surface area contributed by atoms with Crippen LogP contribution in [0.25, 0.3) is 11.2 Å². The molecule has 10 heteroatoms. The molecule has 8 nitrogen and oxygen atoms in total. The Hall–Kier alpha value is -1.49. The van der Waals surface area contributed by atoms with Crippen molar-refractivity contribution in [2.75, 3.05) is 11.5 Å². The first-order valence-electron chi connectivity index (χ1n) is 6.69. The van der Waals surface area contributed by atoms with Crippen molar-refractivity contribution in [1.29, 1.82) is 0 Å². The van der Waals surface area contributed by atoms with Crippen LogP contribution >= 0.6 is 11.8 Å². The molecule has 3 heterocycles. The summed E-state index contributed by atoms with van der Waals surface area (Å²) >= 11 is 1.01. The van der Waals surface area contributed by atoms with Gasteiger partial charge in [0.15, 0.2) is 17.7 Å². The van der Waals surface area contributed by atoms with Crippen molar-refractivity contribution in [2.45, 2.75) is 37.0 Å². The number of rotatable bonds is 4. The highest BCUT2D eigenvalue weighted by Gasteiger charge is 2.44. The van der Waals surface area contributed by atoms with Crippen molar-refractivity contribution in [3.8, 4) is 0 Å². The molecule has 0 bridgehead atoms. The number of nitrogens with zero attached hydrogens (tertiary/aromatic N) is 4. The minimum absolute atomic E-state index is 0.218. The van der Waals surface area contributed by atoms with Gasteiger partial charge in [-0.3, -0.25) is 4.57 Å². The van der Waals surface area contributed by atoms with Gasteiger partial charge in [-0.15, -0.1) is 11.8 Å². The summed E-state index contributed by atoms with van der Waals surface area (Å²) in [6, 6.07) is 0. The molecule has 1 saturated heterocycles. The monoisotopic (exact) mass is 329 g/mol. The van der Waals surface area contributed by atoms with Crippen LogP contribution in [-0.2, 0) is 4.74 Å². The van der Waals surface area contributed by atoms with E-state index >= 15 is 0 Å². The van der Waals surface area contributed by atoms with Gasteiger partial charge < -0.3 is 20.7 Å². The highest BCUT2D eigenvalue weighted by molar-refractivity contribution is 7.99. The largest absolute Gasteiger partial charge is 0.387 e. The predicted molar refractivity (Wildman–Crippen MR) is 78.7 cm³/mol. The van der Waals surface area contributed by atoms with Crippen LogP contribution in [0, 0.1) is 0 Å². The first kappa shape index (κ1) is 15.4. The van der Waals surface area contributed by atoms with Crippen LogP contribution in [0.4, 0.5) is 10.2 Å². The lowest BCUT2D eigenvalue weighted by molar-refractivity contribution is -0.0289. The molecule has 1 aliphatic rings. The smallest absolute Gasteiger partial charge is 0.167 e. The molecule has 1 aliphatic heterocycles. The molecule has 3 rings (SSSR count). The number of fused-ring (bicyclic) bond motifs is 1. The molecule has 5 atom stereocenters. The molecule has 2 aromatic rings. The van der Waals surface area contributed by atoms with Gasteiger partial charge in [0.1, 0.15) is 29.6 Å². The van der Waals surface area contributed by atoms with E-state index in [9.17, 15) is 14.6 Å². The average molecular weight is 329 g/mol. The van der Waals surface area contributed by atoms with Crippen molar-refractivity contribution in [2.24, 2.45) is 0 Å². The van der Waals surface area contributed by atoms with E-state index in [-0.39, 0.29) is 11.6 Å². The summed E-state index contributed by atoms with van der Waals surface area (Å²) in [5.41, 5.74) is 5.43. The third-order valence-electron chi connectivity index (χ3n) is 3.49. The average Bonchev–Trinajstić information content (AvgIpc) is 3.01. The first-order chi connectivity index (χ1) is 10.5. The molecule has 120 valence electrons. The Labute approximate surface area is 129 Å². The van der Waals surface area contributed by atoms with Gasteiger partial charge in [0.05, 0.1) is 12.4 Å². The molecule has 0 amide bonds. The van der Waals surface area contributed by atoms with Gasteiger partial charge in [-0.1, -0.05) is 0 Å². The Morgan fingerprint density at radius 1 is 1.41 bits per heavy atom. The number of nitrogens with two attached hydrogens (primary N) is 1. The lowest BCUT2D eigenvalue weighted by atomic mass is 10.1. The van der Waals surface area contributed by atoms with E-state index in [4.69, 9.17) is 10.5 Å². The molecule has 0 spiro atoms. The van der Waals surface area contributed by atoms with Crippen LogP contribution in [-0.4, -0.2) is 59.3 Å². The van der Waals surface area contributed by atoms with Crippen molar-refractivity contribution >= 4 is 28.7 Å². The number of halogens is 1. The highest BCUT2D eigenvalue weighted by atomic mass is 32.2. The molecule has 0 aliphatic carbocycles. The number of hydrogen-bond acceptors (Lipinski definition) is 8. The normalized spacial score (nSPS) is 30.0. The summed E-state index contributed by atoms with van der Waals surface area (Å²) in [6.45, 7) is 1.41. The van der Waals surface area contributed by atoms with Crippen molar-refractivity contribution in [3.05, 3.63) is 12.7 Å². The van der Waals surface area contributed by atoms with Crippen molar-refractivity contribution in [1.82, 2.24) is 19.5 Å². The summed E-state index contributed by atoms with van der Waals surface area (Å²) in [5, 5.41) is 20.3. The highest BCUT2D eigenvalue weighted by Crippen LogP contribution is 2.33. The third kappa shape index (κ3) is 2.62. The van der Waals surface area contributed by atoms with Gasteiger partial charge in [-0.25, -0.2) is 19.3 Å². The lowest BCUT2D eigenvalue weighted by Gasteiger charge is -2.16. The summed E-state index contributed by atoms with van der Waals surface area (Å²) in [5.74, 6) is 0.450. The van der Waals surface area contributed by atoms with Gasteiger partial charge in [0, 0.05) is 5.75 Å². The van der Waals surface area contributed by atoms with E-state index in [1.165, 1.54) is 24.1 Å². The summed E-state index contributed by atoms with van der Waals surface area (Å²) < 4.78 is 20.1. The van der Waals surface area contributed by atoms with Crippen molar-refractivity contribution < 1.29 is 19.3 Å². The standard InChI is InChI=1S/C12H16FN5O3S/c1-5(13)22-2-6-8(19)9(20)12(21-6)18-4-17-7-10(14)15-3-16-11(7)18/h3-6,8-9,12,19-20H,2H2,1H3,(H2,14,15,16)/t5?,6-,8-,9-,12-/m1/s1. The van der Waals surface area contributed by atoms with E-state index in [0.29, 0.717) is 11.2 Å². The Morgan fingerprint density at radius 3 is 2.91 bits per heavy atom. The van der Waals surface area contributed by atoms with Gasteiger partial charge in [-0.05, 0) is 6.92 Å². The Balaban J connectivity index is 1.86. The fraction of sp³-hybridized carbons (Fsp3) is 0.583. The number of nitrogen functional groups attached to an aromatic ring is 1. The number of aliphatic hydroxyl groups excluding tert-OH is 2. The Bertz CT molecular complexity index is 669. The third-order valence-corrected chi connectivity index (χ3v) is 4.47. The molecular formula is C12H16FN5O3S.